The molecule has 0 aromatic heterocycles. The summed E-state index contributed by atoms with van der Waals surface area (Å²) in [5.74, 6) is -4.02. The fourth-order valence-corrected chi connectivity index (χ4v) is 9.81. The molecular formula is C78H129MnN3O36+3. The maximum Gasteiger partial charge on any atom is 3.00 e. The van der Waals surface area contributed by atoms with Gasteiger partial charge in [0, 0.05) is 74.9 Å². The summed E-state index contributed by atoms with van der Waals surface area (Å²) < 4.78 is 156. The molecule has 0 aliphatic rings. The van der Waals surface area contributed by atoms with Gasteiger partial charge in [-0.3, -0.25) is 38.7 Å². The Morgan fingerprint density at radius 3 is 0.720 bits per heavy atom. The standard InChI is InChI=1S/C77H125N3O36.CH4.Mn/c1-90-11-17-96-23-29-102-35-41-108-67-49-63(50-68(109-42-36-103-30-24-97-18-12-91-2)76(67)112-45-39-106-33-27-100-21-15-94-5)59-114-65-47-62(61-116-75(89)58-80(57-74(87)88)10-8-78(54-71(81)82)7-9-79(55-72(83)84)56-73(85)86)48-66(53-65)115-60-64-51-69(110-43-37-104-31-25-98-19-13-92-3)77(113-46-40-107-34-28-101-22-16-95-6)70(52-64)111-44-38-105-32-26-99-20-14-93-4;;/h47-53H,7-46,54-61H2,1-6H3,(H,81,82)(H,83,84)(H,85,86)(H,87,88);1H4;/q;;+3. The van der Waals surface area contributed by atoms with Crippen molar-refractivity contribution in [2.75, 3.05) is 339 Å². The van der Waals surface area contributed by atoms with Crippen LogP contribution >= 0.6 is 0 Å². The van der Waals surface area contributed by atoms with Crippen LogP contribution in [-0.2, 0) is 151 Å². The van der Waals surface area contributed by atoms with Gasteiger partial charge in [0.05, 0.1) is 231 Å². The number of carboxylic acid groups (broad SMARTS) is 4. The van der Waals surface area contributed by atoms with Crippen LogP contribution in [0.4, 0.5) is 0 Å². The summed E-state index contributed by atoms with van der Waals surface area (Å²) in [5, 5.41) is 38.5. The van der Waals surface area contributed by atoms with Gasteiger partial charge in [0.15, 0.2) is 23.0 Å². The van der Waals surface area contributed by atoms with Crippen molar-refractivity contribution in [1.29, 1.82) is 0 Å². The number of ether oxygens (including phenoxy) is 27. The second-order valence-electron chi connectivity index (χ2n) is 24.6. The quantitative estimate of drug-likeness (QED) is 0.0358. The fraction of sp³-hybridized carbons (Fsp3) is 0.705. The summed E-state index contributed by atoms with van der Waals surface area (Å²) >= 11 is 0. The van der Waals surface area contributed by atoms with Crippen molar-refractivity contribution in [2.24, 2.45) is 0 Å². The molecule has 39 nitrogen and oxygen atoms in total. The predicted octanol–water partition coefficient (Wildman–Crippen LogP) is 3.12. The molecule has 0 aliphatic carbocycles. The molecule has 0 heterocycles. The van der Waals surface area contributed by atoms with Crippen molar-refractivity contribution in [3.63, 3.8) is 0 Å². The van der Waals surface area contributed by atoms with Crippen LogP contribution in [0, 0.1) is 0 Å². The number of hydrogen-bond acceptors (Lipinski definition) is 35. The monoisotopic (exact) mass is 1740 g/mol. The van der Waals surface area contributed by atoms with E-state index in [9.17, 15) is 44.4 Å². The Kier molecular flexibility index (Phi) is 69.4. The molecule has 0 unspecified atom stereocenters. The first kappa shape index (κ1) is 109. The Morgan fingerprint density at radius 1 is 0.254 bits per heavy atom. The van der Waals surface area contributed by atoms with Crippen molar-refractivity contribution >= 4 is 29.8 Å². The Labute approximate surface area is 702 Å². The zero-order valence-electron chi connectivity index (χ0n) is 68.6. The number of benzene rings is 3. The number of methoxy groups -OCH3 is 6. The van der Waals surface area contributed by atoms with Crippen LogP contribution < -0.4 is 37.9 Å². The van der Waals surface area contributed by atoms with Crippen LogP contribution in [-0.4, -0.2) is 404 Å². The summed E-state index contributed by atoms with van der Waals surface area (Å²) in [6.45, 7) is 5.84. The average molecular weight is 1740 g/mol. The van der Waals surface area contributed by atoms with Gasteiger partial charge in [-0.25, -0.2) is 0 Å². The predicted molar refractivity (Wildman–Crippen MR) is 418 cm³/mol. The van der Waals surface area contributed by atoms with Crippen LogP contribution in [0.1, 0.15) is 24.1 Å². The first-order valence-corrected chi connectivity index (χ1v) is 38.2. The van der Waals surface area contributed by atoms with Gasteiger partial charge in [-0.1, -0.05) is 7.43 Å². The molecule has 0 bridgehead atoms. The zero-order valence-corrected chi connectivity index (χ0v) is 69.7. The number of esters is 1. The van der Waals surface area contributed by atoms with Crippen LogP contribution in [0.5, 0.6) is 46.0 Å². The molecule has 4 N–H and O–H groups in total. The molecule has 0 aliphatic heterocycles. The van der Waals surface area contributed by atoms with Crippen molar-refractivity contribution in [3.8, 4) is 46.0 Å². The Balaban J connectivity index is 0.0000348. The molecule has 0 fully saturated rings. The molecule has 0 saturated carbocycles. The van der Waals surface area contributed by atoms with E-state index in [-0.39, 0.29) is 216 Å². The van der Waals surface area contributed by atoms with E-state index in [1.807, 2.05) is 0 Å². The van der Waals surface area contributed by atoms with E-state index in [1.165, 1.54) is 9.80 Å². The van der Waals surface area contributed by atoms with E-state index in [1.54, 1.807) is 85.1 Å². The van der Waals surface area contributed by atoms with Gasteiger partial charge < -0.3 is 148 Å². The number of carboxylic acids is 4. The van der Waals surface area contributed by atoms with E-state index in [0.717, 1.165) is 4.90 Å². The summed E-state index contributed by atoms with van der Waals surface area (Å²) in [6, 6.07) is 11.8. The number of aliphatic carboxylic acids is 4. The first-order valence-electron chi connectivity index (χ1n) is 38.2. The van der Waals surface area contributed by atoms with E-state index in [4.69, 9.17) is 128 Å². The number of nitrogens with zero attached hydrogens (tertiary/aromatic N) is 3. The third-order valence-corrected chi connectivity index (χ3v) is 15.3. The van der Waals surface area contributed by atoms with Crippen LogP contribution in [0.15, 0.2) is 42.5 Å². The van der Waals surface area contributed by atoms with Crippen molar-refractivity contribution in [1.82, 2.24) is 14.7 Å². The molecule has 0 radical (unpaired) electrons. The molecule has 3 aromatic carbocycles. The summed E-state index contributed by atoms with van der Waals surface area (Å²) in [7, 11) is 9.52. The topological polar surface area (TPSA) is 425 Å². The third kappa shape index (κ3) is 58.1. The number of rotatable bonds is 84. The molecular weight excluding hydrogens is 1610 g/mol. The van der Waals surface area contributed by atoms with Crippen LogP contribution in [0.25, 0.3) is 0 Å². The molecule has 676 valence electrons. The van der Waals surface area contributed by atoms with Gasteiger partial charge in [0.2, 0.25) is 11.5 Å². The average Bonchev–Trinajstić information content (AvgIpc) is 0.825. The normalized spacial score (nSPS) is 11.2. The van der Waals surface area contributed by atoms with Gasteiger partial charge in [-0.05, 0) is 53.1 Å². The second kappa shape index (κ2) is 75.1. The number of carbonyl (C=O) groups is 5. The van der Waals surface area contributed by atoms with Crippen molar-refractivity contribution < 1.29 is 189 Å². The van der Waals surface area contributed by atoms with Gasteiger partial charge in [-0.15, -0.1) is 0 Å². The maximum absolute atomic E-state index is 13.9. The molecule has 0 atom stereocenters. The molecule has 0 amide bonds. The minimum atomic E-state index is -1.31. The van der Waals surface area contributed by atoms with Crippen LogP contribution in [0.3, 0.4) is 0 Å². The largest absolute Gasteiger partial charge is 3.00 e. The van der Waals surface area contributed by atoms with Gasteiger partial charge in [-0.2, -0.15) is 0 Å². The summed E-state index contributed by atoms with van der Waals surface area (Å²) in [4.78, 5) is 64.9. The maximum atomic E-state index is 13.9. The zero-order chi connectivity index (χ0) is 84.0. The smallest absolute Gasteiger partial charge is 0.489 e. The van der Waals surface area contributed by atoms with Gasteiger partial charge >= 0.3 is 46.9 Å². The van der Waals surface area contributed by atoms with E-state index >= 15 is 0 Å². The van der Waals surface area contributed by atoms with Gasteiger partial charge in [0.25, 0.3) is 0 Å². The summed E-state index contributed by atoms with van der Waals surface area (Å²) in [5.41, 5.74) is 1.41. The Hall–Kier alpha value is -6.91. The molecule has 3 aromatic rings. The Morgan fingerprint density at radius 2 is 0.466 bits per heavy atom. The fourth-order valence-electron chi connectivity index (χ4n) is 9.81. The van der Waals surface area contributed by atoms with E-state index in [2.05, 4.69) is 0 Å². The first-order chi connectivity index (χ1) is 56.6. The Bertz CT molecular complexity index is 2760. The minimum Gasteiger partial charge on any atom is -0.489 e. The number of carbonyl (C=O) groups excluding carboxylic acids is 1. The van der Waals surface area contributed by atoms with Crippen molar-refractivity contribution in [3.05, 3.63) is 59.2 Å². The molecule has 40 heteroatoms. The van der Waals surface area contributed by atoms with Crippen LogP contribution in [0.2, 0.25) is 0 Å². The van der Waals surface area contributed by atoms with Crippen molar-refractivity contribution in [2.45, 2.75) is 27.2 Å². The molecule has 0 spiro atoms. The number of hydrogen-bond donors (Lipinski definition) is 4. The van der Waals surface area contributed by atoms with E-state index < -0.39 is 69.2 Å². The minimum absolute atomic E-state index is 0. The summed E-state index contributed by atoms with van der Waals surface area (Å²) in [6.07, 6.45) is 0. The molecule has 3 rings (SSSR count). The second-order valence-corrected chi connectivity index (χ2v) is 24.6. The van der Waals surface area contributed by atoms with E-state index in [0.29, 0.717) is 149 Å². The van der Waals surface area contributed by atoms with Gasteiger partial charge in [0.1, 0.15) is 71.0 Å². The molecule has 118 heavy (non-hydrogen) atoms. The SMILES string of the molecule is C.COCCOCCOCCOc1cc(COc2cc(COC(=O)CN(CCN(CCN(CC(=O)O)CC(=O)O)CC(=O)O)CC(=O)O)cc(OCc3cc(OCCOCCOCCOC)c(OCCOCCOCCOC)c(OCCOCCOCCOC)c3)c2)cc(OCCOCCOCCOC)c1OCCOCCOCCOC.[Mn+3]. The third-order valence-electron chi connectivity index (χ3n) is 15.3. The molecule has 0 saturated heterocycles.